The molecule has 0 aromatic heterocycles. The minimum Gasteiger partial charge on any atom is -0.484 e. The molecule has 0 saturated heterocycles. The van der Waals surface area contributed by atoms with Gasteiger partial charge in [-0.1, -0.05) is 45.8 Å². The van der Waals surface area contributed by atoms with Gasteiger partial charge in [0.2, 0.25) is 0 Å². The van der Waals surface area contributed by atoms with Crippen molar-refractivity contribution in [1.29, 1.82) is 0 Å². The van der Waals surface area contributed by atoms with E-state index in [-0.39, 0.29) is 23.5 Å². The molecule has 0 aliphatic rings. The molecular formula is C24H25BrN2O4S. The molecule has 3 rings (SSSR count). The van der Waals surface area contributed by atoms with E-state index in [1.54, 1.807) is 25.1 Å². The number of aryl methyl sites for hydroxylation is 2. The fourth-order valence-corrected chi connectivity index (χ4v) is 4.46. The minimum absolute atomic E-state index is 0.122. The lowest BCUT2D eigenvalue weighted by Gasteiger charge is -2.16. The molecule has 3 aromatic rings. The van der Waals surface area contributed by atoms with Gasteiger partial charge >= 0.3 is 0 Å². The third-order valence-electron chi connectivity index (χ3n) is 4.87. The maximum absolute atomic E-state index is 12.7. The van der Waals surface area contributed by atoms with Crippen molar-refractivity contribution in [2.24, 2.45) is 0 Å². The molecule has 1 atom stereocenters. The van der Waals surface area contributed by atoms with Crippen molar-refractivity contribution >= 4 is 37.5 Å². The summed E-state index contributed by atoms with van der Waals surface area (Å²) < 4.78 is 34.5. The molecule has 2 N–H and O–H groups in total. The predicted octanol–water partition coefficient (Wildman–Crippen LogP) is 5.12. The summed E-state index contributed by atoms with van der Waals surface area (Å²) in [6, 6.07) is 19.2. The number of carbonyl (C=O) groups is 1. The van der Waals surface area contributed by atoms with Crippen molar-refractivity contribution in [2.75, 3.05) is 11.3 Å². The Kier molecular flexibility index (Phi) is 7.58. The number of hydrogen-bond donors (Lipinski definition) is 2. The lowest BCUT2D eigenvalue weighted by atomic mass is 10.1. The quantitative estimate of drug-likeness (QED) is 0.434. The molecule has 0 radical (unpaired) electrons. The monoisotopic (exact) mass is 516 g/mol. The molecule has 8 heteroatoms. The van der Waals surface area contributed by atoms with Crippen LogP contribution in [0.1, 0.15) is 29.7 Å². The number of ether oxygens (including phenoxy) is 1. The minimum atomic E-state index is -3.73. The van der Waals surface area contributed by atoms with Crippen LogP contribution in [0.2, 0.25) is 0 Å². The Hall–Kier alpha value is -2.84. The highest BCUT2D eigenvalue weighted by atomic mass is 79.9. The zero-order valence-electron chi connectivity index (χ0n) is 18.1. The highest BCUT2D eigenvalue weighted by Crippen LogP contribution is 2.24. The Labute approximate surface area is 197 Å². The van der Waals surface area contributed by atoms with Gasteiger partial charge in [-0.15, -0.1) is 0 Å². The first-order valence-electron chi connectivity index (χ1n) is 10.0. The van der Waals surface area contributed by atoms with E-state index >= 15 is 0 Å². The van der Waals surface area contributed by atoms with Crippen LogP contribution in [0.5, 0.6) is 5.75 Å². The van der Waals surface area contributed by atoms with E-state index in [4.69, 9.17) is 4.74 Å². The van der Waals surface area contributed by atoms with Crippen LogP contribution in [0.25, 0.3) is 0 Å². The summed E-state index contributed by atoms with van der Waals surface area (Å²) in [5.74, 6) is 0.184. The highest BCUT2D eigenvalue weighted by molar-refractivity contribution is 9.10. The third kappa shape index (κ3) is 6.34. The van der Waals surface area contributed by atoms with Gasteiger partial charge in [-0.2, -0.15) is 0 Å². The van der Waals surface area contributed by atoms with Crippen molar-refractivity contribution in [3.8, 4) is 5.75 Å². The second-order valence-electron chi connectivity index (χ2n) is 7.53. The molecule has 1 unspecified atom stereocenters. The molecule has 0 bridgehead atoms. The normalized spacial score (nSPS) is 12.1. The van der Waals surface area contributed by atoms with Gasteiger partial charge in [0.15, 0.2) is 6.61 Å². The van der Waals surface area contributed by atoms with E-state index in [1.807, 2.05) is 50.2 Å². The number of carbonyl (C=O) groups excluding carboxylic acids is 1. The zero-order valence-corrected chi connectivity index (χ0v) is 20.5. The van der Waals surface area contributed by atoms with Crippen LogP contribution >= 0.6 is 15.9 Å². The van der Waals surface area contributed by atoms with Crippen LogP contribution in [0, 0.1) is 13.8 Å². The molecule has 6 nitrogen and oxygen atoms in total. The first-order chi connectivity index (χ1) is 15.1. The predicted molar refractivity (Wildman–Crippen MR) is 129 cm³/mol. The number of rotatable bonds is 8. The summed E-state index contributed by atoms with van der Waals surface area (Å²) in [4.78, 5) is 12.4. The van der Waals surface area contributed by atoms with E-state index in [1.165, 1.54) is 12.1 Å². The second-order valence-corrected chi connectivity index (χ2v) is 10.1. The Balaban J connectivity index is 1.60. The van der Waals surface area contributed by atoms with Crippen molar-refractivity contribution < 1.29 is 17.9 Å². The van der Waals surface area contributed by atoms with Crippen molar-refractivity contribution in [2.45, 2.75) is 31.7 Å². The van der Waals surface area contributed by atoms with Gasteiger partial charge in [0.25, 0.3) is 15.9 Å². The van der Waals surface area contributed by atoms with Crippen molar-refractivity contribution in [3.63, 3.8) is 0 Å². The fourth-order valence-electron chi connectivity index (χ4n) is 3.05. The van der Waals surface area contributed by atoms with Crippen molar-refractivity contribution in [1.82, 2.24) is 5.32 Å². The van der Waals surface area contributed by atoms with Gasteiger partial charge < -0.3 is 10.1 Å². The molecule has 0 heterocycles. The second kappa shape index (κ2) is 10.2. The molecular weight excluding hydrogens is 492 g/mol. The molecule has 0 saturated carbocycles. The zero-order chi connectivity index (χ0) is 23.3. The van der Waals surface area contributed by atoms with Crippen molar-refractivity contribution in [3.05, 3.63) is 87.9 Å². The highest BCUT2D eigenvalue weighted by Gasteiger charge is 2.17. The van der Waals surface area contributed by atoms with E-state index in [0.717, 1.165) is 15.6 Å². The van der Waals surface area contributed by atoms with Gasteiger partial charge in [0, 0.05) is 10.2 Å². The number of nitrogens with one attached hydrogen (secondary N) is 2. The van der Waals surface area contributed by atoms with Gasteiger partial charge in [-0.3, -0.25) is 9.52 Å². The first kappa shape index (κ1) is 23.8. The Morgan fingerprint density at radius 2 is 1.66 bits per heavy atom. The number of hydrogen-bond acceptors (Lipinski definition) is 4. The summed E-state index contributed by atoms with van der Waals surface area (Å²) in [6.45, 7) is 5.40. The van der Waals surface area contributed by atoms with Crippen LogP contribution < -0.4 is 14.8 Å². The van der Waals surface area contributed by atoms with Gasteiger partial charge in [-0.25, -0.2) is 8.42 Å². The molecule has 1 amide bonds. The average Bonchev–Trinajstić information content (AvgIpc) is 2.74. The Morgan fingerprint density at radius 3 is 2.28 bits per heavy atom. The van der Waals surface area contributed by atoms with E-state index in [0.29, 0.717) is 17.0 Å². The topological polar surface area (TPSA) is 84.5 Å². The summed E-state index contributed by atoms with van der Waals surface area (Å²) in [6.07, 6.45) is 0. The molecule has 32 heavy (non-hydrogen) atoms. The summed E-state index contributed by atoms with van der Waals surface area (Å²) in [7, 11) is -3.73. The number of benzene rings is 3. The maximum Gasteiger partial charge on any atom is 0.261 e. The average molecular weight is 517 g/mol. The molecule has 0 aliphatic carbocycles. The number of sulfonamides is 1. The summed E-state index contributed by atoms with van der Waals surface area (Å²) in [5, 5.41) is 2.89. The van der Waals surface area contributed by atoms with E-state index in [9.17, 15) is 13.2 Å². The van der Waals surface area contributed by atoms with Crippen LogP contribution in [-0.2, 0) is 14.8 Å². The lowest BCUT2D eigenvalue weighted by molar-refractivity contribution is -0.123. The van der Waals surface area contributed by atoms with Gasteiger partial charge in [0.05, 0.1) is 10.9 Å². The van der Waals surface area contributed by atoms with Crippen LogP contribution in [0.3, 0.4) is 0 Å². The molecule has 0 fully saturated rings. The summed E-state index contributed by atoms with van der Waals surface area (Å²) >= 11 is 3.39. The Morgan fingerprint density at radius 1 is 1.00 bits per heavy atom. The molecule has 168 valence electrons. The third-order valence-corrected chi connectivity index (χ3v) is 6.77. The Bertz CT molecular complexity index is 1190. The fraction of sp³-hybridized carbons (Fsp3) is 0.208. The maximum atomic E-state index is 12.7. The van der Waals surface area contributed by atoms with Crippen LogP contribution in [0.15, 0.2) is 76.1 Å². The smallest absolute Gasteiger partial charge is 0.261 e. The van der Waals surface area contributed by atoms with E-state index < -0.39 is 10.0 Å². The number of halogens is 1. The SMILES string of the molecule is Cc1ccc(NS(=O)(=O)c2ccc(OCC(=O)NC(C)c3ccc(Br)cc3)c(C)c2)cc1. The van der Waals surface area contributed by atoms with Gasteiger partial charge in [0.1, 0.15) is 5.75 Å². The molecule has 3 aromatic carbocycles. The molecule has 0 aliphatic heterocycles. The largest absolute Gasteiger partial charge is 0.484 e. The van der Waals surface area contributed by atoms with E-state index in [2.05, 4.69) is 26.0 Å². The number of amides is 1. The lowest BCUT2D eigenvalue weighted by Crippen LogP contribution is -2.31. The van der Waals surface area contributed by atoms with Crippen LogP contribution in [0.4, 0.5) is 5.69 Å². The van der Waals surface area contributed by atoms with Crippen LogP contribution in [-0.4, -0.2) is 20.9 Å². The van der Waals surface area contributed by atoms with Gasteiger partial charge in [-0.05, 0) is 74.4 Å². The standard InChI is InChI=1S/C24H25BrN2O4S/c1-16-4-10-21(11-5-16)27-32(29,30)22-12-13-23(17(2)14-22)31-15-24(28)26-18(3)19-6-8-20(25)9-7-19/h4-14,18,27H,15H2,1-3H3,(H,26,28). The summed E-state index contributed by atoms with van der Waals surface area (Å²) in [5.41, 5.74) is 3.13. The number of anilines is 1. The molecule has 0 spiro atoms. The first-order valence-corrected chi connectivity index (χ1v) is 12.3.